The fourth-order valence-corrected chi connectivity index (χ4v) is 3.67. The fraction of sp³-hybridized carbons (Fsp3) is 0.292. The number of methoxy groups -OCH3 is 1. The van der Waals surface area contributed by atoms with Crippen LogP contribution in [0.4, 0.5) is 5.69 Å². The summed E-state index contributed by atoms with van der Waals surface area (Å²) in [5, 5.41) is 11.3. The predicted octanol–water partition coefficient (Wildman–Crippen LogP) is 1.88. The SMILES string of the molecule is COc1ccc(N2CCN(C(=O)COC(=O)C(=Cc3ccccc3)n3nnnc3C)CC2)cc1. The summed E-state index contributed by atoms with van der Waals surface area (Å²) in [5.41, 5.74) is 1.99. The fourth-order valence-electron chi connectivity index (χ4n) is 3.67. The summed E-state index contributed by atoms with van der Waals surface area (Å²) in [6, 6.07) is 17.1. The van der Waals surface area contributed by atoms with Crippen molar-refractivity contribution < 1.29 is 19.1 Å². The van der Waals surface area contributed by atoms with Crippen molar-refractivity contribution in [2.75, 3.05) is 44.8 Å². The monoisotopic (exact) mass is 462 g/mol. The Kier molecular flexibility index (Phi) is 7.16. The molecule has 3 aromatic rings. The number of esters is 1. The molecule has 0 saturated carbocycles. The lowest BCUT2D eigenvalue weighted by Crippen LogP contribution is -2.50. The van der Waals surface area contributed by atoms with Gasteiger partial charge in [-0.2, -0.15) is 4.68 Å². The van der Waals surface area contributed by atoms with E-state index in [0.29, 0.717) is 32.0 Å². The summed E-state index contributed by atoms with van der Waals surface area (Å²) >= 11 is 0. The summed E-state index contributed by atoms with van der Waals surface area (Å²) in [5.74, 6) is 0.316. The first-order valence-electron chi connectivity index (χ1n) is 10.9. The first kappa shape index (κ1) is 23.0. The van der Waals surface area contributed by atoms with Gasteiger partial charge in [-0.05, 0) is 53.3 Å². The Hall–Kier alpha value is -4.21. The van der Waals surface area contributed by atoms with Crippen molar-refractivity contribution >= 4 is 29.3 Å². The van der Waals surface area contributed by atoms with Crippen LogP contribution in [-0.2, 0) is 14.3 Å². The minimum atomic E-state index is -0.676. The number of hydrogen-bond donors (Lipinski definition) is 0. The Labute approximate surface area is 197 Å². The Morgan fingerprint density at radius 1 is 1.00 bits per heavy atom. The Morgan fingerprint density at radius 3 is 2.32 bits per heavy atom. The zero-order valence-electron chi connectivity index (χ0n) is 19.1. The maximum Gasteiger partial charge on any atom is 0.357 e. The van der Waals surface area contributed by atoms with Gasteiger partial charge in [-0.3, -0.25) is 4.79 Å². The van der Waals surface area contributed by atoms with E-state index in [1.165, 1.54) is 4.68 Å². The number of aryl methyl sites for hydroxylation is 1. The molecule has 4 rings (SSSR count). The van der Waals surface area contributed by atoms with Crippen molar-refractivity contribution in [3.05, 3.63) is 66.0 Å². The highest BCUT2D eigenvalue weighted by atomic mass is 16.5. The lowest BCUT2D eigenvalue weighted by atomic mass is 10.2. The zero-order chi connectivity index (χ0) is 23.9. The van der Waals surface area contributed by atoms with E-state index >= 15 is 0 Å². The molecule has 176 valence electrons. The third kappa shape index (κ3) is 5.40. The predicted molar refractivity (Wildman–Crippen MR) is 126 cm³/mol. The maximum atomic E-state index is 12.9. The smallest absolute Gasteiger partial charge is 0.357 e. The van der Waals surface area contributed by atoms with Crippen LogP contribution in [0.3, 0.4) is 0 Å². The van der Waals surface area contributed by atoms with Gasteiger partial charge in [0.15, 0.2) is 18.1 Å². The van der Waals surface area contributed by atoms with Crippen LogP contribution in [0.1, 0.15) is 11.4 Å². The van der Waals surface area contributed by atoms with E-state index in [1.807, 2.05) is 54.6 Å². The number of carbonyl (C=O) groups excluding carboxylic acids is 2. The molecule has 0 bridgehead atoms. The number of hydrogen-bond acceptors (Lipinski definition) is 8. The third-order valence-electron chi connectivity index (χ3n) is 5.56. The maximum absolute atomic E-state index is 12.9. The topological polar surface area (TPSA) is 103 Å². The number of anilines is 1. The lowest BCUT2D eigenvalue weighted by molar-refractivity contribution is -0.147. The van der Waals surface area contributed by atoms with Gasteiger partial charge < -0.3 is 19.3 Å². The molecule has 1 aliphatic rings. The molecule has 10 heteroatoms. The van der Waals surface area contributed by atoms with E-state index in [4.69, 9.17) is 9.47 Å². The van der Waals surface area contributed by atoms with E-state index in [9.17, 15) is 9.59 Å². The van der Waals surface area contributed by atoms with Gasteiger partial charge >= 0.3 is 5.97 Å². The highest BCUT2D eigenvalue weighted by Crippen LogP contribution is 2.20. The van der Waals surface area contributed by atoms with Crippen molar-refractivity contribution in [3.8, 4) is 5.75 Å². The molecule has 1 fully saturated rings. The molecule has 0 unspecified atom stereocenters. The van der Waals surface area contributed by atoms with Crippen LogP contribution in [0.5, 0.6) is 5.75 Å². The standard InChI is InChI=1S/C24H26N6O4/c1-18-25-26-27-30(18)22(16-19-6-4-3-5-7-19)24(32)34-17-23(31)29-14-12-28(13-15-29)20-8-10-21(33-2)11-9-20/h3-11,16H,12-15,17H2,1-2H3. The molecule has 0 N–H and O–H groups in total. The average molecular weight is 463 g/mol. The summed E-state index contributed by atoms with van der Waals surface area (Å²) in [6.07, 6.45) is 1.63. The highest BCUT2D eigenvalue weighted by Gasteiger charge is 2.24. The van der Waals surface area contributed by atoms with Gasteiger partial charge in [0.1, 0.15) is 5.75 Å². The Bertz CT molecular complexity index is 1150. The van der Waals surface area contributed by atoms with Crippen molar-refractivity contribution in [1.29, 1.82) is 0 Å². The number of rotatable bonds is 7. The quantitative estimate of drug-likeness (QED) is 0.387. The molecule has 2 heterocycles. The second-order valence-electron chi connectivity index (χ2n) is 7.72. The largest absolute Gasteiger partial charge is 0.497 e. The normalized spacial score (nSPS) is 14.1. The molecule has 1 aromatic heterocycles. The second kappa shape index (κ2) is 10.6. The van der Waals surface area contributed by atoms with Gasteiger partial charge in [0, 0.05) is 31.9 Å². The number of nitrogens with zero attached hydrogens (tertiary/aromatic N) is 6. The van der Waals surface area contributed by atoms with Crippen LogP contribution >= 0.6 is 0 Å². The average Bonchev–Trinajstić information content (AvgIpc) is 3.31. The molecular weight excluding hydrogens is 436 g/mol. The second-order valence-corrected chi connectivity index (χ2v) is 7.72. The molecule has 0 aliphatic carbocycles. The van der Waals surface area contributed by atoms with E-state index in [0.717, 1.165) is 17.0 Å². The number of aromatic nitrogens is 4. The molecule has 0 atom stereocenters. The molecule has 10 nitrogen and oxygen atoms in total. The van der Waals surface area contributed by atoms with Crippen molar-refractivity contribution in [2.24, 2.45) is 0 Å². The Balaban J connectivity index is 1.35. The molecule has 1 aliphatic heterocycles. The minimum absolute atomic E-state index is 0.130. The number of piperazine rings is 1. The van der Waals surface area contributed by atoms with Crippen molar-refractivity contribution in [3.63, 3.8) is 0 Å². The Morgan fingerprint density at radius 2 is 1.71 bits per heavy atom. The van der Waals surface area contributed by atoms with Crippen LogP contribution in [0, 0.1) is 6.92 Å². The number of benzene rings is 2. The van der Waals surface area contributed by atoms with E-state index in [1.54, 1.807) is 25.0 Å². The summed E-state index contributed by atoms with van der Waals surface area (Å²) in [7, 11) is 1.64. The van der Waals surface area contributed by atoms with Crippen LogP contribution in [0.25, 0.3) is 11.8 Å². The van der Waals surface area contributed by atoms with Crippen LogP contribution in [0.2, 0.25) is 0 Å². The first-order valence-corrected chi connectivity index (χ1v) is 10.9. The molecule has 0 radical (unpaired) electrons. The van der Waals surface area contributed by atoms with E-state index < -0.39 is 5.97 Å². The van der Waals surface area contributed by atoms with Crippen LogP contribution in [0.15, 0.2) is 54.6 Å². The van der Waals surface area contributed by atoms with Crippen LogP contribution in [-0.4, -0.2) is 76.9 Å². The molecular formula is C24H26N6O4. The third-order valence-corrected chi connectivity index (χ3v) is 5.56. The molecule has 1 saturated heterocycles. The number of amides is 1. The van der Waals surface area contributed by atoms with E-state index in [2.05, 4.69) is 20.4 Å². The molecule has 0 spiro atoms. The van der Waals surface area contributed by atoms with Crippen molar-refractivity contribution in [2.45, 2.75) is 6.92 Å². The van der Waals surface area contributed by atoms with Gasteiger partial charge in [-0.15, -0.1) is 5.10 Å². The van der Waals surface area contributed by atoms with Gasteiger partial charge in [-0.25, -0.2) is 4.79 Å². The zero-order valence-corrected chi connectivity index (χ0v) is 19.1. The van der Waals surface area contributed by atoms with Gasteiger partial charge in [0.05, 0.1) is 7.11 Å². The van der Waals surface area contributed by atoms with Gasteiger partial charge in [-0.1, -0.05) is 30.3 Å². The summed E-state index contributed by atoms with van der Waals surface area (Å²) in [6.45, 7) is 3.79. The van der Waals surface area contributed by atoms with E-state index in [-0.39, 0.29) is 18.2 Å². The molecule has 1 amide bonds. The van der Waals surface area contributed by atoms with Gasteiger partial charge in [0.2, 0.25) is 0 Å². The number of ether oxygens (including phenoxy) is 2. The lowest BCUT2D eigenvalue weighted by Gasteiger charge is -2.36. The van der Waals surface area contributed by atoms with Crippen molar-refractivity contribution in [1.82, 2.24) is 25.1 Å². The molecule has 2 aromatic carbocycles. The first-order chi connectivity index (χ1) is 16.5. The number of tetrazole rings is 1. The molecule has 34 heavy (non-hydrogen) atoms. The van der Waals surface area contributed by atoms with Gasteiger partial charge in [0.25, 0.3) is 5.91 Å². The highest BCUT2D eigenvalue weighted by molar-refractivity contribution is 6.15. The number of carbonyl (C=O) groups is 2. The summed E-state index contributed by atoms with van der Waals surface area (Å²) in [4.78, 5) is 29.5. The minimum Gasteiger partial charge on any atom is -0.497 e. The van der Waals surface area contributed by atoms with Crippen LogP contribution < -0.4 is 9.64 Å². The summed E-state index contributed by atoms with van der Waals surface area (Å²) < 4.78 is 11.9.